The van der Waals surface area contributed by atoms with Gasteiger partial charge in [0.15, 0.2) is 0 Å². The number of hydrogen-bond acceptors (Lipinski definition) is 6. The summed E-state index contributed by atoms with van der Waals surface area (Å²) in [5.74, 6) is 0.991. The van der Waals surface area contributed by atoms with Crippen LogP contribution in [0.2, 0.25) is 0 Å². The molecule has 0 aromatic carbocycles. The van der Waals surface area contributed by atoms with Gasteiger partial charge in [-0.2, -0.15) is 0 Å². The Balaban J connectivity index is 1.99. The minimum atomic E-state index is 0.713. The standard InChI is InChI=1S/C14H20N4OS/c1-18(9-13-10-20-11-17-13)14-12(4-3-5-16-14)8-15-6-7-19-2/h3-5,10-11,15H,6-9H2,1-2H3. The SMILES string of the molecule is COCCNCc1cccnc1N(C)Cc1cscn1. The summed E-state index contributed by atoms with van der Waals surface area (Å²) >= 11 is 1.62. The largest absolute Gasteiger partial charge is 0.383 e. The first-order valence-electron chi connectivity index (χ1n) is 6.53. The maximum atomic E-state index is 5.03. The van der Waals surface area contributed by atoms with E-state index in [2.05, 4.69) is 31.6 Å². The molecule has 0 fully saturated rings. The highest BCUT2D eigenvalue weighted by molar-refractivity contribution is 7.07. The summed E-state index contributed by atoms with van der Waals surface area (Å²) < 4.78 is 5.03. The van der Waals surface area contributed by atoms with Crippen LogP contribution in [0.25, 0.3) is 0 Å². The molecule has 0 radical (unpaired) electrons. The lowest BCUT2D eigenvalue weighted by Crippen LogP contribution is -2.23. The average Bonchev–Trinajstić information content (AvgIpc) is 2.97. The Morgan fingerprint density at radius 3 is 3.05 bits per heavy atom. The maximum absolute atomic E-state index is 5.03. The number of hydrogen-bond donors (Lipinski definition) is 1. The van der Waals surface area contributed by atoms with Crippen LogP contribution in [0.3, 0.4) is 0 Å². The molecule has 1 N–H and O–H groups in total. The number of methoxy groups -OCH3 is 1. The molecule has 0 atom stereocenters. The van der Waals surface area contributed by atoms with Crippen LogP contribution in [0, 0.1) is 0 Å². The smallest absolute Gasteiger partial charge is 0.133 e. The quantitative estimate of drug-likeness (QED) is 0.753. The Kier molecular flexibility index (Phi) is 5.91. The van der Waals surface area contributed by atoms with Crippen molar-refractivity contribution in [2.24, 2.45) is 0 Å². The summed E-state index contributed by atoms with van der Waals surface area (Å²) in [5, 5.41) is 5.42. The highest BCUT2D eigenvalue weighted by Crippen LogP contribution is 2.17. The summed E-state index contributed by atoms with van der Waals surface area (Å²) in [7, 11) is 3.75. The van der Waals surface area contributed by atoms with Crippen LogP contribution >= 0.6 is 11.3 Å². The van der Waals surface area contributed by atoms with E-state index < -0.39 is 0 Å². The third kappa shape index (κ3) is 4.26. The lowest BCUT2D eigenvalue weighted by molar-refractivity contribution is 0.199. The third-order valence-electron chi connectivity index (χ3n) is 2.91. The van der Waals surface area contributed by atoms with Gasteiger partial charge in [0.1, 0.15) is 5.82 Å². The zero-order valence-corrected chi connectivity index (χ0v) is 12.7. The molecular weight excluding hydrogens is 272 g/mol. The summed E-state index contributed by atoms with van der Waals surface area (Å²) in [6.45, 7) is 3.10. The van der Waals surface area contributed by atoms with E-state index in [0.29, 0.717) is 6.61 Å². The van der Waals surface area contributed by atoms with Gasteiger partial charge in [-0.1, -0.05) is 6.07 Å². The van der Waals surface area contributed by atoms with Gasteiger partial charge in [0, 0.05) is 44.4 Å². The second kappa shape index (κ2) is 7.94. The van der Waals surface area contributed by atoms with Crippen LogP contribution in [0.15, 0.2) is 29.2 Å². The molecule has 0 amide bonds. The molecule has 5 nitrogen and oxygen atoms in total. The fourth-order valence-corrected chi connectivity index (χ4v) is 2.49. The van der Waals surface area contributed by atoms with Gasteiger partial charge in [-0.25, -0.2) is 9.97 Å². The number of nitrogens with zero attached hydrogens (tertiary/aromatic N) is 3. The Labute approximate surface area is 123 Å². The van der Waals surface area contributed by atoms with Crippen LogP contribution in [0.1, 0.15) is 11.3 Å². The number of nitrogens with one attached hydrogen (secondary N) is 1. The summed E-state index contributed by atoms with van der Waals surface area (Å²) in [5.41, 5.74) is 4.11. The summed E-state index contributed by atoms with van der Waals surface area (Å²) in [6, 6.07) is 4.06. The van der Waals surface area contributed by atoms with E-state index >= 15 is 0 Å². The van der Waals surface area contributed by atoms with Crippen molar-refractivity contribution in [3.05, 3.63) is 40.5 Å². The number of aromatic nitrogens is 2. The fourth-order valence-electron chi connectivity index (χ4n) is 1.94. The average molecular weight is 292 g/mol. The van der Waals surface area contributed by atoms with Crippen molar-refractivity contribution in [1.29, 1.82) is 0 Å². The molecule has 0 aliphatic carbocycles. The normalized spacial score (nSPS) is 10.7. The summed E-state index contributed by atoms with van der Waals surface area (Å²) in [6.07, 6.45) is 1.82. The molecule has 2 rings (SSSR count). The van der Waals surface area contributed by atoms with Crippen molar-refractivity contribution in [2.75, 3.05) is 32.2 Å². The molecule has 0 aliphatic heterocycles. The van der Waals surface area contributed by atoms with Crippen molar-refractivity contribution in [3.63, 3.8) is 0 Å². The first-order valence-corrected chi connectivity index (χ1v) is 7.47. The Morgan fingerprint density at radius 1 is 1.40 bits per heavy atom. The zero-order chi connectivity index (χ0) is 14.2. The van der Waals surface area contributed by atoms with E-state index in [9.17, 15) is 0 Å². The van der Waals surface area contributed by atoms with Gasteiger partial charge < -0.3 is 15.0 Å². The number of rotatable bonds is 8. The molecule has 0 unspecified atom stereocenters. The van der Waals surface area contributed by atoms with Crippen molar-refractivity contribution < 1.29 is 4.74 Å². The lowest BCUT2D eigenvalue weighted by atomic mass is 10.2. The van der Waals surface area contributed by atoms with Gasteiger partial charge in [0.2, 0.25) is 0 Å². The topological polar surface area (TPSA) is 50.3 Å². The van der Waals surface area contributed by atoms with Crippen LogP contribution in [-0.4, -0.2) is 37.3 Å². The first kappa shape index (κ1) is 14.9. The van der Waals surface area contributed by atoms with Gasteiger partial charge in [-0.15, -0.1) is 11.3 Å². The van der Waals surface area contributed by atoms with Crippen LogP contribution in [-0.2, 0) is 17.8 Å². The molecule has 2 heterocycles. The van der Waals surface area contributed by atoms with Gasteiger partial charge in [0.25, 0.3) is 0 Å². The minimum Gasteiger partial charge on any atom is -0.383 e. The molecule has 6 heteroatoms. The second-order valence-corrected chi connectivity index (χ2v) is 5.21. The van der Waals surface area contributed by atoms with Crippen molar-refractivity contribution in [2.45, 2.75) is 13.1 Å². The van der Waals surface area contributed by atoms with Gasteiger partial charge >= 0.3 is 0 Å². The zero-order valence-electron chi connectivity index (χ0n) is 11.9. The highest BCUT2D eigenvalue weighted by atomic mass is 32.1. The minimum absolute atomic E-state index is 0.713. The number of ether oxygens (including phenoxy) is 1. The van der Waals surface area contributed by atoms with Gasteiger partial charge in [-0.3, -0.25) is 0 Å². The number of thiazole rings is 1. The number of anilines is 1. The van der Waals surface area contributed by atoms with E-state index in [1.165, 1.54) is 5.56 Å². The monoisotopic (exact) mass is 292 g/mol. The second-order valence-electron chi connectivity index (χ2n) is 4.49. The molecule has 0 aliphatic rings. The number of pyridine rings is 1. The fraction of sp³-hybridized carbons (Fsp3) is 0.429. The van der Waals surface area contributed by atoms with Crippen LogP contribution in [0.4, 0.5) is 5.82 Å². The lowest BCUT2D eigenvalue weighted by Gasteiger charge is -2.20. The van der Waals surface area contributed by atoms with Crippen molar-refractivity contribution in [1.82, 2.24) is 15.3 Å². The molecule has 2 aromatic heterocycles. The predicted molar refractivity (Wildman–Crippen MR) is 82.0 cm³/mol. The first-order chi connectivity index (χ1) is 9.81. The van der Waals surface area contributed by atoms with Gasteiger partial charge in [-0.05, 0) is 6.07 Å². The Morgan fingerprint density at radius 2 is 2.30 bits per heavy atom. The summed E-state index contributed by atoms with van der Waals surface area (Å²) in [4.78, 5) is 10.9. The Bertz CT molecular complexity index is 504. The molecule has 0 saturated carbocycles. The third-order valence-corrected chi connectivity index (χ3v) is 3.55. The van der Waals surface area contributed by atoms with E-state index in [1.54, 1.807) is 18.4 Å². The van der Waals surface area contributed by atoms with Crippen molar-refractivity contribution >= 4 is 17.2 Å². The maximum Gasteiger partial charge on any atom is 0.133 e. The molecular formula is C14H20N4OS. The molecule has 2 aromatic rings. The van der Waals surface area contributed by atoms with E-state index in [0.717, 1.165) is 31.1 Å². The molecule has 0 spiro atoms. The predicted octanol–water partition coefficient (Wildman–Crippen LogP) is 1.91. The molecule has 108 valence electrons. The van der Waals surface area contributed by atoms with E-state index in [4.69, 9.17) is 4.74 Å². The Hall–Kier alpha value is -1.50. The molecule has 0 bridgehead atoms. The van der Waals surface area contributed by atoms with Crippen LogP contribution in [0.5, 0.6) is 0 Å². The van der Waals surface area contributed by atoms with E-state index in [1.807, 2.05) is 24.8 Å². The molecule has 20 heavy (non-hydrogen) atoms. The highest BCUT2D eigenvalue weighted by Gasteiger charge is 2.09. The van der Waals surface area contributed by atoms with Crippen molar-refractivity contribution in [3.8, 4) is 0 Å². The van der Waals surface area contributed by atoms with Crippen LogP contribution < -0.4 is 10.2 Å². The van der Waals surface area contributed by atoms with Gasteiger partial charge in [0.05, 0.1) is 24.4 Å². The van der Waals surface area contributed by atoms with E-state index in [-0.39, 0.29) is 0 Å². The molecule has 0 saturated heterocycles.